The lowest BCUT2D eigenvalue weighted by molar-refractivity contribution is 0.318. The predicted octanol–water partition coefficient (Wildman–Crippen LogP) is 2.61. The minimum atomic E-state index is -3.26. The van der Waals surface area contributed by atoms with Gasteiger partial charge in [0.05, 0.1) is 16.7 Å². The van der Waals surface area contributed by atoms with Crippen molar-refractivity contribution in [2.24, 2.45) is 4.99 Å². The molecule has 0 heterocycles. The van der Waals surface area contributed by atoms with Crippen molar-refractivity contribution in [3.8, 4) is 5.75 Å². The topological polar surface area (TPSA) is 55.7 Å². The summed E-state index contributed by atoms with van der Waals surface area (Å²) in [6.07, 6.45) is 1.99. The monoisotopic (exact) mass is 271 g/mol. The Labute approximate surface area is 106 Å². The summed E-state index contributed by atoms with van der Waals surface area (Å²) in [6, 6.07) is 4.50. The molecule has 1 aromatic carbocycles. The summed E-state index contributed by atoms with van der Waals surface area (Å²) in [6.45, 7) is 2.52. The van der Waals surface area contributed by atoms with Crippen LogP contribution in [0.4, 0.5) is 5.69 Å². The maximum atomic E-state index is 11.4. The number of hydrogen-bond acceptors (Lipinski definition) is 5. The van der Waals surface area contributed by atoms with Crippen LogP contribution in [0.15, 0.2) is 28.1 Å². The summed E-state index contributed by atoms with van der Waals surface area (Å²) >= 11 is 4.52. The standard InChI is InChI=1S/C11H13NO3S2/c1-3-6-15-11-5-4-9(17(2,13)14)7-10(11)12-8-16/h4-5,7H,3,6H2,1-2H3. The van der Waals surface area contributed by atoms with Gasteiger partial charge in [0.25, 0.3) is 0 Å². The van der Waals surface area contributed by atoms with Gasteiger partial charge in [0.2, 0.25) is 0 Å². The molecule has 17 heavy (non-hydrogen) atoms. The van der Waals surface area contributed by atoms with E-state index in [4.69, 9.17) is 4.74 Å². The molecular formula is C11H13NO3S2. The molecule has 0 bridgehead atoms. The molecule has 1 aromatic rings. The molecule has 0 saturated carbocycles. The Morgan fingerprint density at radius 2 is 2.18 bits per heavy atom. The fraction of sp³-hybridized carbons (Fsp3) is 0.364. The number of hydrogen-bond donors (Lipinski definition) is 0. The zero-order valence-corrected chi connectivity index (χ0v) is 11.3. The normalized spacial score (nSPS) is 10.7. The van der Waals surface area contributed by atoms with Crippen LogP contribution in [-0.4, -0.2) is 26.4 Å². The molecule has 0 radical (unpaired) electrons. The van der Waals surface area contributed by atoms with E-state index in [1.165, 1.54) is 12.1 Å². The Morgan fingerprint density at radius 3 is 2.71 bits per heavy atom. The van der Waals surface area contributed by atoms with Crippen LogP contribution in [0.5, 0.6) is 5.75 Å². The molecule has 0 saturated heterocycles. The third-order valence-corrected chi connectivity index (χ3v) is 3.19. The Bertz CT molecular complexity index is 546. The van der Waals surface area contributed by atoms with E-state index in [2.05, 4.69) is 22.4 Å². The molecule has 0 aliphatic rings. The summed E-state index contributed by atoms with van der Waals surface area (Å²) in [5.74, 6) is 0.511. The second-order valence-corrected chi connectivity index (χ2v) is 5.65. The Kier molecular flexibility index (Phi) is 4.81. The first-order chi connectivity index (χ1) is 7.99. The lowest BCUT2D eigenvalue weighted by Crippen LogP contribution is -1.99. The Hall–Kier alpha value is -1.23. The van der Waals surface area contributed by atoms with Crippen LogP contribution in [0.25, 0.3) is 0 Å². The number of ether oxygens (including phenoxy) is 1. The number of isothiocyanates is 1. The third kappa shape index (κ3) is 3.93. The van der Waals surface area contributed by atoms with E-state index in [-0.39, 0.29) is 4.90 Å². The number of benzene rings is 1. The van der Waals surface area contributed by atoms with Gasteiger partial charge in [-0.1, -0.05) is 6.92 Å². The van der Waals surface area contributed by atoms with Crippen molar-refractivity contribution >= 4 is 32.9 Å². The lowest BCUT2D eigenvalue weighted by Gasteiger charge is -2.08. The number of sulfone groups is 1. The zero-order valence-electron chi connectivity index (χ0n) is 9.63. The minimum Gasteiger partial charge on any atom is -0.491 e. The van der Waals surface area contributed by atoms with Crippen LogP contribution in [-0.2, 0) is 9.84 Å². The molecule has 0 fully saturated rings. The van der Waals surface area contributed by atoms with Gasteiger partial charge in [-0.3, -0.25) is 0 Å². The maximum Gasteiger partial charge on any atom is 0.175 e. The highest BCUT2D eigenvalue weighted by Gasteiger charge is 2.11. The zero-order chi connectivity index (χ0) is 12.9. The molecule has 0 N–H and O–H groups in total. The fourth-order valence-corrected chi connectivity index (χ4v) is 1.94. The van der Waals surface area contributed by atoms with Gasteiger partial charge in [0.1, 0.15) is 11.4 Å². The minimum absolute atomic E-state index is 0.186. The van der Waals surface area contributed by atoms with Gasteiger partial charge in [-0.15, -0.1) is 0 Å². The SMILES string of the molecule is CCCOc1ccc(S(C)(=O)=O)cc1N=C=S. The summed E-state index contributed by atoms with van der Waals surface area (Å²) in [7, 11) is -3.26. The molecule has 1 rings (SSSR count). The first kappa shape index (κ1) is 13.8. The van der Waals surface area contributed by atoms with Gasteiger partial charge < -0.3 is 4.74 Å². The molecule has 4 nitrogen and oxygen atoms in total. The van der Waals surface area contributed by atoms with Crippen LogP contribution < -0.4 is 4.74 Å². The molecule has 0 atom stereocenters. The summed E-state index contributed by atoms with van der Waals surface area (Å²) < 4.78 is 28.2. The van der Waals surface area contributed by atoms with Crippen molar-refractivity contribution in [3.05, 3.63) is 18.2 Å². The van der Waals surface area contributed by atoms with Gasteiger partial charge in [0.15, 0.2) is 9.84 Å². The highest BCUT2D eigenvalue weighted by Crippen LogP contribution is 2.30. The molecule has 0 unspecified atom stereocenters. The number of thiocarbonyl (C=S) groups is 1. The molecular weight excluding hydrogens is 258 g/mol. The van der Waals surface area contributed by atoms with E-state index in [9.17, 15) is 8.42 Å². The van der Waals surface area contributed by atoms with Crippen molar-refractivity contribution in [2.75, 3.05) is 12.9 Å². The molecule has 0 aliphatic heterocycles. The van der Waals surface area contributed by atoms with Gasteiger partial charge in [-0.05, 0) is 36.8 Å². The van der Waals surface area contributed by atoms with Gasteiger partial charge in [0, 0.05) is 6.26 Å². The van der Waals surface area contributed by atoms with Gasteiger partial charge >= 0.3 is 0 Å². The molecule has 0 spiro atoms. The van der Waals surface area contributed by atoms with Crippen molar-refractivity contribution < 1.29 is 13.2 Å². The van der Waals surface area contributed by atoms with Crippen molar-refractivity contribution in [2.45, 2.75) is 18.2 Å². The smallest absolute Gasteiger partial charge is 0.175 e. The molecule has 0 aromatic heterocycles. The van der Waals surface area contributed by atoms with Crippen LogP contribution >= 0.6 is 12.2 Å². The average Bonchev–Trinajstić information content (AvgIpc) is 2.26. The Morgan fingerprint density at radius 1 is 1.47 bits per heavy atom. The fourth-order valence-electron chi connectivity index (χ4n) is 1.20. The van der Waals surface area contributed by atoms with E-state index in [0.717, 1.165) is 12.7 Å². The predicted molar refractivity (Wildman–Crippen MR) is 70.0 cm³/mol. The van der Waals surface area contributed by atoms with Gasteiger partial charge in [-0.2, -0.15) is 4.99 Å². The largest absolute Gasteiger partial charge is 0.491 e. The molecule has 92 valence electrons. The van der Waals surface area contributed by atoms with Crippen molar-refractivity contribution in [1.82, 2.24) is 0 Å². The first-order valence-electron chi connectivity index (χ1n) is 5.03. The van der Waals surface area contributed by atoms with Crippen molar-refractivity contribution in [1.29, 1.82) is 0 Å². The lowest BCUT2D eigenvalue weighted by atomic mass is 10.3. The molecule has 6 heteroatoms. The second-order valence-electron chi connectivity index (χ2n) is 3.45. The first-order valence-corrected chi connectivity index (χ1v) is 7.33. The molecule has 0 aliphatic carbocycles. The molecule has 0 amide bonds. The van der Waals surface area contributed by atoms with Crippen LogP contribution in [0, 0.1) is 0 Å². The quantitative estimate of drug-likeness (QED) is 0.610. The average molecular weight is 271 g/mol. The summed E-state index contributed by atoms with van der Waals surface area (Å²) in [5.41, 5.74) is 0.386. The summed E-state index contributed by atoms with van der Waals surface area (Å²) in [5, 5.41) is 2.21. The number of nitrogens with zero attached hydrogens (tertiary/aromatic N) is 1. The highest BCUT2D eigenvalue weighted by atomic mass is 32.2. The van der Waals surface area contributed by atoms with E-state index in [0.29, 0.717) is 18.0 Å². The van der Waals surface area contributed by atoms with Crippen LogP contribution in [0.2, 0.25) is 0 Å². The van der Waals surface area contributed by atoms with E-state index >= 15 is 0 Å². The maximum absolute atomic E-state index is 11.4. The van der Waals surface area contributed by atoms with Crippen LogP contribution in [0.3, 0.4) is 0 Å². The number of rotatable bonds is 5. The number of aliphatic imine (C=N–C) groups is 1. The van der Waals surface area contributed by atoms with E-state index < -0.39 is 9.84 Å². The van der Waals surface area contributed by atoms with E-state index in [1.54, 1.807) is 6.07 Å². The Balaban J connectivity index is 3.22. The van der Waals surface area contributed by atoms with Gasteiger partial charge in [-0.25, -0.2) is 8.42 Å². The second kappa shape index (κ2) is 5.91. The summed E-state index contributed by atoms with van der Waals surface area (Å²) in [4.78, 5) is 3.99. The van der Waals surface area contributed by atoms with Crippen molar-refractivity contribution in [3.63, 3.8) is 0 Å². The highest BCUT2D eigenvalue weighted by molar-refractivity contribution is 7.90. The van der Waals surface area contributed by atoms with Crippen LogP contribution in [0.1, 0.15) is 13.3 Å². The van der Waals surface area contributed by atoms with E-state index in [1.807, 2.05) is 6.92 Å². The third-order valence-electron chi connectivity index (χ3n) is 1.99.